The fourth-order valence-corrected chi connectivity index (χ4v) is 1.78. The largest absolute Gasteiger partial charge is 0.306 e. The standard InChI is InChI=1S/C10H10FN5O2/c11-8-3-7(6-1-2-6)9(15(5-12)14-13)4-10(8)16(17)18/h3-6,12-13H,1-2H2. The summed E-state index contributed by atoms with van der Waals surface area (Å²) >= 11 is 0. The highest BCUT2D eigenvalue weighted by atomic mass is 19.1. The summed E-state index contributed by atoms with van der Waals surface area (Å²) < 4.78 is 13.5. The third kappa shape index (κ3) is 2.04. The Balaban J connectivity index is 2.58. The number of nitrogens with one attached hydrogen (secondary N) is 2. The first kappa shape index (κ1) is 12.1. The van der Waals surface area contributed by atoms with Crippen LogP contribution in [0.2, 0.25) is 0 Å². The molecule has 18 heavy (non-hydrogen) atoms. The fraction of sp³-hybridized carbons (Fsp3) is 0.300. The Morgan fingerprint density at radius 2 is 2.22 bits per heavy atom. The molecule has 0 heterocycles. The predicted octanol–water partition coefficient (Wildman–Crippen LogP) is 2.97. The number of hydrogen-bond donors (Lipinski definition) is 2. The molecule has 8 heteroatoms. The lowest BCUT2D eigenvalue weighted by Gasteiger charge is -2.15. The van der Waals surface area contributed by atoms with Gasteiger partial charge in [-0.25, -0.2) is 5.01 Å². The molecule has 0 atom stereocenters. The van der Waals surface area contributed by atoms with E-state index in [4.69, 9.17) is 10.9 Å². The average molecular weight is 251 g/mol. The van der Waals surface area contributed by atoms with Crippen LogP contribution in [0.15, 0.2) is 17.4 Å². The lowest BCUT2D eigenvalue weighted by molar-refractivity contribution is -0.387. The van der Waals surface area contributed by atoms with E-state index >= 15 is 0 Å². The first-order chi connectivity index (χ1) is 8.58. The zero-order chi connectivity index (χ0) is 13.3. The van der Waals surface area contributed by atoms with Crippen LogP contribution >= 0.6 is 0 Å². The molecule has 0 aromatic heterocycles. The highest BCUT2D eigenvalue weighted by Crippen LogP contribution is 2.46. The maximum absolute atomic E-state index is 13.5. The maximum atomic E-state index is 13.5. The highest BCUT2D eigenvalue weighted by molar-refractivity contribution is 5.79. The molecule has 2 N–H and O–H groups in total. The number of nitrogens with zero attached hydrogens (tertiary/aromatic N) is 3. The van der Waals surface area contributed by atoms with Crippen molar-refractivity contribution < 1.29 is 9.31 Å². The first-order valence-electron chi connectivity index (χ1n) is 5.23. The molecule has 1 saturated carbocycles. The fourth-order valence-electron chi connectivity index (χ4n) is 1.78. The summed E-state index contributed by atoms with van der Waals surface area (Å²) in [4.78, 5) is 9.85. The van der Waals surface area contributed by atoms with Crippen LogP contribution in [0.1, 0.15) is 24.3 Å². The van der Waals surface area contributed by atoms with E-state index in [0.717, 1.165) is 36.3 Å². The van der Waals surface area contributed by atoms with Crippen LogP contribution in [0.4, 0.5) is 15.8 Å². The number of anilines is 1. The SMILES string of the molecule is N=CN(N=N)c1cc([N+](=O)[O-])c(F)cc1C1CC1. The molecule has 94 valence electrons. The summed E-state index contributed by atoms with van der Waals surface area (Å²) in [6, 6.07) is 2.12. The average Bonchev–Trinajstić information content (AvgIpc) is 3.15. The van der Waals surface area contributed by atoms with Crippen molar-refractivity contribution in [3.63, 3.8) is 0 Å². The summed E-state index contributed by atoms with van der Waals surface area (Å²) in [5.74, 6) is -0.778. The number of hydrogen-bond acceptors (Lipinski definition) is 5. The lowest BCUT2D eigenvalue weighted by atomic mass is 10.1. The van der Waals surface area contributed by atoms with E-state index in [-0.39, 0.29) is 11.6 Å². The van der Waals surface area contributed by atoms with E-state index < -0.39 is 16.4 Å². The number of benzene rings is 1. The van der Waals surface area contributed by atoms with Gasteiger partial charge in [-0.05, 0) is 30.4 Å². The number of nitro benzene ring substituents is 1. The Bertz CT molecular complexity index is 521. The second kappa shape index (κ2) is 4.47. The van der Waals surface area contributed by atoms with Gasteiger partial charge in [0.25, 0.3) is 0 Å². The predicted molar refractivity (Wildman–Crippen MR) is 61.4 cm³/mol. The Morgan fingerprint density at radius 1 is 1.56 bits per heavy atom. The van der Waals surface area contributed by atoms with Crippen LogP contribution in [-0.2, 0) is 0 Å². The van der Waals surface area contributed by atoms with Gasteiger partial charge in [-0.1, -0.05) is 5.22 Å². The summed E-state index contributed by atoms with van der Waals surface area (Å²) in [5, 5.41) is 21.7. The van der Waals surface area contributed by atoms with E-state index in [1.54, 1.807) is 0 Å². The number of nitro groups is 1. The van der Waals surface area contributed by atoms with Gasteiger partial charge >= 0.3 is 5.69 Å². The molecule has 0 saturated heterocycles. The number of halogens is 1. The van der Waals surface area contributed by atoms with Crippen LogP contribution in [0, 0.1) is 26.9 Å². The molecule has 7 nitrogen and oxygen atoms in total. The van der Waals surface area contributed by atoms with Crippen molar-refractivity contribution in [1.82, 2.24) is 0 Å². The molecule has 0 amide bonds. The zero-order valence-corrected chi connectivity index (χ0v) is 9.26. The third-order valence-electron chi connectivity index (χ3n) is 2.79. The van der Waals surface area contributed by atoms with Gasteiger partial charge in [-0.15, -0.1) is 0 Å². The molecule has 1 aliphatic carbocycles. The van der Waals surface area contributed by atoms with Gasteiger partial charge in [0.2, 0.25) is 5.82 Å². The van der Waals surface area contributed by atoms with Gasteiger partial charge in [0, 0.05) is 6.07 Å². The van der Waals surface area contributed by atoms with Crippen molar-refractivity contribution in [3.8, 4) is 0 Å². The summed E-state index contributed by atoms with van der Waals surface area (Å²) in [7, 11) is 0. The van der Waals surface area contributed by atoms with Crippen molar-refractivity contribution in [3.05, 3.63) is 33.6 Å². The summed E-state index contributed by atoms with van der Waals surface area (Å²) in [6.45, 7) is 0. The molecule has 1 aromatic rings. The van der Waals surface area contributed by atoms with Gasteiger partial charge in [0.1, 0.15) is 6.34 Å². The van der Waals surface area contributed by atoms with E-state index in [0.29, 0.717) is 5.56 Å². The Morgan fingerprint density at radius 3 is 2.67 bits per heavy atom. The summed E-state index contributed by atoms with van der Waals surface area (Å²) in [5.41, 5.74) is 7.02. The Hall–Kier alpha value is -2.38. The molecule has 0 bridgehead atoms. The van der Waals surface area contributed by atoms with Gasteiger partial charge in [-0.2, -0.15) is 9.92 Å². The van der Waals surface area contributed by atoms with Crippen molar-refractivity contribution in [2.75, 3.05) is 5.01 Å². The molecule has 0 radical (unpaired) electrons. The molecular weight excluding hydrogens is 241 g/mol. The second-order valence-corrected chi connectivity index (χ2v) is 3.97. The van der Waals surface area contributed by atoms with E-state index in [1.165, 1.54) is 0 Å². The minimum Gasteiger partial charge on any atom is -0.289 e. The minimum absolute atomic E-state index is 0.125. The molecule has 0 aliphatic heterocycles. The molecule has 0 spiro atoms. The van der Waals surface area contributed by atoms with Crippen molar-refractivity contribution in [1.29, 1.82) is 10.9 Å². The normalized spacial score (nSPS) is 14.1. The highest BCUT2D eigenvalue weighted by Gasteiger charge is 2.31. The Labute approximate surface area is 101 Å². The van der Waals surface area contributed by atoms with Crippen LogP contribution in [0.5, 0.6) is 0 Å². The molecule has 1 aromatic carbocycles. The summed E-state index contributed by atoms with van der Waals surface area (Å²) in [6.07, 6.45) is 2.50. The van der Waals surface area contributed by atoms with E-state index in [1.807, 2.05) is 0 Å². The molecular formula is C10H10FN5O2. The minimum atomic E-state index is -0.902. The Kier molecular flexibility index (Phi) is 3.00. The first-order valence-corrected chi connectivity index (χ1v) is 5.23. The lowest BCUT2D eigenvalue weighted by Crippen LogP contribution is -2.14. The molecule has 0 unspecified atom stereocenters. The molecule has 2 rings (SSSR count). The van der Waals surface area contributed by atoms with E-state index in [2.05, 4.69) is 5.22 Å². The maximum Gasteiger partial charge on any atom is 0.306 e. The van der Waals surface area contributed by atoms with Gasteiger partial charge < -0.3 is 0 Å². The molecule has 1 fully saturated rings. The van der Waals surface area contributed by atoms with Crippen molar-refractivity contribution in [2.24, 2.45) is 5.22 Å². The van der Waals surface area contributed by atoms with Crippen LogP contribution < -0.4 is 5.01 Å². The van der Waals surface area contributed by atoms with Gasteiger partial charge in [0.15, 0.2) is 0 Å². The quantitative estimate of drug-likeness (QED) is 0.276. The smallest absolute Gasteiger partial charge is 0.289 e. The van der Waals surface area contributed by atoms with E-state index in [9.17, 15) is 14.5 Å². The zero-order valence-electron chi connectivity index (χ0n) is 9.26. The van der Waals surface area contributed by atoms with Crippen LogP contribution in [0.25, 0.3) is 0 Å². The third-order valence-corrected chi connectivity index (χ3v) is 2.79. The monoisotopic (exact) mass is 251 g/mol. The van der Waals surface area contributed by atoms with Crippen LogP contribution in [-0.4, -0.2) is 11.3 Å². The van der Waals surface area contributed by atoms with Crippen molar-refractivity contribution >= 4 is 17.7 Å². The number of rotatable bonds is 5. The van der Waals surface area contributed by atoms with Crippen LogP contribution in [0.3, 0.4) is 0 Å². The van der Waals surface area contributed by atoms with Gasteiger partial charge in [0.05, 0.1) is 10.6 Å². The van der Waals surface area contributed by atoms with Gasteiger partial charge in [-0.3, -0.25) is 15.5 Å². The second-order valence-electron chi connectivity index (χ2n) is 3.97. The molecule has 1 aliphatic rings. The van der Waals surface area contributed by atoms with Crippen molar-refractivity contribution in [2.45, 2.75) is 18.8 Å². The topological polar surface area (TPSA) is 106 Å².